The van der Waals surface area contributed by atoms with E-state index in [-0.39, 0.29) is 37.5 Å². The summed E-state index contributed by atoms with van der Waals surface area (Å²) in [4.78, 5) is 26.5. The molecule has 2 aromatic carbocycles. The molecule has 9 nitrogen and oxygen atoms in total. The number of amides is 3. The molecule has 0 radical (unpaired) electrons. The van der Waals surface area contributed by atoms with Crippen LogP contribution in [-0.4, -0.2) is 66.5 Å². The molecule has 0 saturated carbocycles. The van der Waals surface area contributed by atoms with Gasteiger partial charge in [-0.15, -0.1) is 0 Å². The van der Waals surface area contributed by atoms with Gasteiger partial charge in [0.2, 0.25) is 0 Å². The first-order valence-electron chi connectivity index (χ1n) is 11.4. The van der Waals surface area contributed by atoms with Gasteiger partial charge in [0.1, 0.15) is 0 Å². The molecule has 2 heterocycles. The number of halogens is 3. The number of hydrogen-bond acceptors (Lipinski definition) is 5. The highest BCUT2D eigenvalue weighted by Crippen LogP contribution is 2.31. The fraction of sp³-hybridized carbons (Fsp3) is 0.292. The topological polar surface area (TPSA) is 113 Å². The van der Waals surface area contributed by atoms with Gasteiger partial charge in [0, 0.05) is 32.4 Å². The third-order valence-corrected chi connectivity index (χ3v) is 8.07. The smallest absolute Gasteiger partial charge is 0.350 e. The quantitative estimate of drug-likeness (QED) is 0.452. The number of carbonyl (C=O) groups excluding carboxylic acids is 2. The molecule has 196 valence electrons. The summed E-state index contributed by atoms with van der Waals surface area (Å²) in [7, 11) is -3.58. The van der Waals surface area contributed by atoms with Crippen LogP contribution in [0.1, 0.15) is 22.5 Å². The van der Waals surface area contributed by atoms with Crippen LogP contribution in [0.15, 0.2) is 71.8 Å². The second kappa shape index (κ2) is 10.6. The Kier molecular flexibility index (Phi) is 7.52. The lowest BCUT2D eigenvalue weighted by molar-refractivity contribution is -0.141. The summed E-state index contributed by atoms with van der Waals surface area (Å²) in [6.07, 6.45) is -3.55. The molecule has 1 aromatic heterocycles. The first kappa shape index (κ1) is 26.2. The van der Waals surface area contributed by atoms with Crippen LogP contribution in [0.2, 0.25) is 0 Å². The highest BCUT2D eigenvalue weighted by molar-refractivity contribution is 7.92. The van der Waals surface area contributed by atoms with E-state index in [1.54, 1.807) is 48.5 Å². The summed E-state index contributed by atoms with van der Waals surface area (Å²) < 4.78 is 66.9. The molecule has 1 aliphatic rings. The molecular weight excluding hydrogens is 511 g/mol. The molecule has 0 bridgehead atoms. The Bertz CT molecular complexity index is 1360. The van der Waals surface area contributed by atoms with Gasteiger partial charge in [-0.3, -0.25) is 4.79 Å². The molecule has 0 aliphatic carbocycles. The van der Waals surface area contributed by atoms with E-state index < -0.39 is 44.5 Å². The molecule has 1 aliphatic heterocycles. The summed E-state index contributed by atoms with van der Waals surface area (Å²) in [6, 6.07) is 15.5. The van der Waals surface area contributed by atoms with E-state index in [4.69, 9.17) is 0 Å². The number of benzene rings is 2. The molecule has 1 atom stereocenters. The molecule has 1 fully saturated rings. The molecule has 3 aromatic rings. The van der Waals surface area contributed by atoms with E-state index in [1.165, 1.54) is 17.0 Å². The van der Waals surface area contributed by atoms with Gasteiger partial charge in [0.25, 0.3) is 5.91 Å². The van der Waals surface area contributed by atoms with Crippen LogP contribution < -0.4 is 10.6 Å². The summed E-state index contributed by atoms with van der Waals surface area (Å²) in [5.41, 5.74) is -1.60. The van der Waals surface area contributed by atoms with E-state index in [1.807, 2.05) is 0 Å². The zero-order valence-electron chi connectivity index (χ0n) is 19.5. The van der Waals surface area contributed by atoms with Gasteiger partial charge < -0.3 is 15.5 Å². The third-order valence-electron chi connectivity index (χ3n) is 5.88. The number of urea groups is 1. The van der Waals surface area contributed by atoms with Crippen LogP contribution in [0.5, 0.6) is 0 Å². The van der Waals surface area contributed by atoms with E-state index in [2.05, 4.69) is 15.7 Å². The number of rotatable bonds is 7. The molecule has 3 amide bonds. The van der Waals surface area contributed by atoms with Crippen molar-refractivity contribution in [3.05, 3.63) is 78.1 Å². The normalized spacial score (nSPS) is 16.0. The van der Waals surface area contributed by atoms with Crippen LogP contribution in [0, 0.1) is 0 Å². The fourth-order valence-corrected chi connectivity index (χ4v) is 5.70. The van der Waals surface area contributed by atoms with E-state index in [0.717, 1.165) is 10.9 Å². The van der Waals surface area contributed by atoms with Crippen LogP contribution in [0.25, 0.3) is 5.69 Å². The van der Waals surface area contributed by atoms with Crippen molar-refractivity contribution < 1.29 is 31.2 Å². The van der Waals surface area contributed by atoms with Gasteiger partial charge in [0.15, 0.2) is 15.5 Å². The lowest BCUT2D eigenvalue weighted by atomic mass is 10.2. The van der Waals surface area contributed by atoms with E-state index in [9.17, 15) is 31.2 Å². The Hall–Kier alpha value is -3.87. The first-order valence-corrected chi connectivity index (χ1v) is 12.9. The number of para-hydroxylation sites is 1. The lowest BCUT2D eigenvalue weighted by Crippen LogP contribution is -2.42. The highest BCUT2D eigenvalue weighted by Gasteiger charge is 2.39. The average Bonchev–Trinajstić information content (AvgIpc) is 3.56. The van der Waals surface area contributed by atoms with Crippen LogP contribution in [0.4, 0.5) is 18.0 Å². The number of nitrogens with zero attached hydrogens (tertiary/aromatic N) is 3. The van der Waals surface area contributed by atoms with Crippen molar-refractivity contribution in [3.63, 3.8) is 0 Å². The fourth-order valence-electron chi connectivity index (χ4n) is 3.98. The number of sulfone groups is 1. The van der Waals surface area contributed by atoms with Crippen molar-refractivity contribution in [2.75, 3.05) is 26.2 Å². The Morgan fingerprint density at radius 3 is 2.24 bits per heavy atom. The van der Waals surface area contributed by atoms with Crippen molar-refractivity contribution in [1.29, 1.82) is 0 Å². The van der Waals surface area contributed by atoms with Crippen LogP contribution in [-0.2, 0) is 16.0 Å². The number of hydrogen-bond donors (Lipinski definition) is 2. The summed E-state index contributed by atoms with van der Waals surface area (Å²) >= 11 is 0. The van der Waals surface area contributed by atoms with Crippen molar-refractivity contribution >= 4 is 21.8 Å². The van der Waals surface area contributed by atoms with Crippen LogP contribution >= 0.6 is 0 Å². The summed E-state index contributed by atoms with van der Waals surface area (Å²) in [6.45, 7) is 0.0505. The molecule has 1 saturated heterocycles. The average molecular weight is 536 g/mol. The predicted molar refractivity (Wildman–Crippen MR) is 128 cm³/mol. The maximum absolute atomic E-state index is 13.5. The second-order valence-electron chi connectivity index (χ2n) is 8.37. The van der Waals surface area contributed by atoms with E-state index >= 15 is 0 Å². The largest absolute Gasteiger partial charge is 0.435 e. The van der Waals surface area contributed by atoms with Gasteiger partial charge in [0.05, 0.1) is 21.4 Å². The molecule has 37 heavy (non-hydrogen) atoms. The molecule has 1 unspecified atom stereocenters. The molecule has 2 N–H and O–H groups in total. The minimum absolute atomic E-state index is 0.0169. The summed E-state index contributed by atoms with van der Waals surface area (Å²) in [5.74, 6) is -0.987. The van der Waals surface area contributed by atoms with Gasteiger partial charge in [-0.2, -0.15) is 18.3 Å². The number of likely N-dealkylation sites (tertiary alicyclic amines) is 1. The zero-order valence-corrected chi connectivity index (χ0v) is 20.3. The SMILES string of the molecule is O=C(NCCNC(=O)N1CCC(S(=O)(=O)c2ccccc2)C1)c1cn(-c2ccccc2)nc1C(F)(F)F. The predicted octanol–water partition coefficient (Wildman–Crippen LogP) is 2.88. The Balaban J connectivity index is 1.31. The van der Waals surface area contributed by atoms with E-state index in [0.29, 0.717) is 5.69 Å². The van der Waals surface area contributed by atoms with Gasteiger partial charge >= 0.3 is 12.2 Å². The molecular formula is C24H24F3N5O4S. The van der Waals surface area contributed by atoms with Gasteiger partial charge in [-0.1, -0.05) is 36.4 Å². The number of alkyl halides is 3. The maximum Gasteiger partial charge on any atom is 0.435 e. The van der Waals surface area contributed by atoms with Gasteiger partial charge in [-0.05, 0) is 30.7 Å². The Labute approximate surface area is 211 Å². The number of carbonyl (C=O) groups is 2. The van der Waals surface area contributed by atoms with Gasteiger partial charge in [-0.25, -0.2) is 17.9 Å². The van der Waals surface area contributed by atoms with Crippen molar-refractivity contribution in [2.24, 2.45) is 0 Å². The van der Waals surface area contributed by atoms with Crippen molar-refractivity contribution in [1.82, 2.24) is 25.3 Å². The maximum atomic E-state index is 13.5. The van der Waals surface area contributed by atoms with Crippen molar-refractivity contribution in [2.45, 2.75) is 22.7 Å². The minimum atomic E-state index is -4.84. The number of aromatic nitrogens is 2. The molecule has 13 heteroatoms. The molecule has 4 rings (SSSR count). The standard InChI is InChI=1S/C24H24F3N5O4S/c25-24(26,27)21-20(16-32(30-21)17-7-3-1-4-8-17)22(33)28-12-13-29-23(34)31-14-11-19(15-31)37(35,36)18-9-5-2-6-10-18/h1-10,16,19H,11-15H2,(H,28,33)(H,29,34). The first-order chi connectivity index (χ1) is 17.6. The monoisotopic (exact) mass is 535 g/mol. The highest BCUT2D eigenvalue weighted by atomic mass is 32.2. The molecule has 0 spiro atoms. The third kappa shape index (κ3) is 5.93. The lowest BCUT2D eigenvalue weighted by Gasteiger charge is -2.18. The van der Waals surface area contributed by atoms with Crippen LogP contribution in [0.3, 0.4) is 0 Å². The number of nitrogens with one attached hydrogen (secondary N) is 2. The Morgan fingerprint density at radius 2 is 1.59 bits per heavy atom. The van der Waals surface area contributed by atoms with Crippen molar-refractivity contribution in [3.8, 4) is 5.69 Å². The Morgan fingerprint density at radius 1 is 0.973 bits per heavy atom. The minimum Gasteiger partial charge on any atom is -0.350 e. The zero-order chi connectivity index (χ0) is 26.6. The summed E-state index contributed by atoms with van der Waals surface area (Å²) in [5, 5.41) is 7.71. The second-order valence-corrected chi connectivity index (χ2v) is 10.6.